The smallest absolute Gasteiger partial charge is 0.270 e. The molecule has 1 aromatic heterocycles. The molecule has 3 aromatic rings. The molecule has 0 saturated heterocycles. The van der Waals surface area contributed by atoms with E-state index in [-0.39, 0.29) is 21.7 Å². The largest absolute Gasteiger partial charge is 0.325 e. The molecule has 0 fully saturated rings. The van der Waals surface area contributed by atoms with Gasteiger partial charge in [-0.2, -0.15) is 0 Å². The molecule has 2 N–H and O–H groups in total. The summed E-state index contributed by atoms with van der Waals surface area (Å²) in [6.45, 7) is 2.09. The number of benzene rings is 2. The number of anilines is 1. The van der Waals surface area contributed by atoms with Gasteiger partial charge in [-0.15, -0.1) is 11.8 Å². The van der Waals surface area contributed by atoms with Gasteiger partial charge in [0, 0.05) is 10.6 Å². The summed E-state index contributed by atoms with van der Waals surface area (Å²) in [4.78, 5) is 31.9. The lowest BCUT2D eigenvalue weighted by molar-refractivity contribution is -0.113. The first-order chi connectivity index (χ1) is 15.8. The van der Waals surface area contributed by atoms with Gasteiger partial charge in [0.25, 0.3) is 5.56 Å². The fourth-order valence-electron chi connectivity index (χ4n) is 3.01. The number of aromatic amines is 1. The third-order valence-corrected chi connectivity index (χ3v) is 8.15. The molecule has 174 valence electrons. The van der Waals surface area contributed by atoms with E-state index in [0.29, 0.717) is 5.69 Å². The minimum Gasteiger partial charge on any atom is -0.325 e. The van der Waals surface area contributed by atoms with Crippen molar-refractivity contribution in [3.05, 3.63) is 70.6 Å². The highest BCUT2D eigenvalue weighted by molar-refractivity contribution is 7.99. The molecule has 7 nitrogen and oxygen atoms in total. The Bertz CT molecular complexity index is 1270. The Morgan fingerprint density at radius 2 is 1.91 bits per heavy atom. The number of amides is 1. The monoisotopic (exact) mass is 503 g/mol. The van der Waals surface area contributed by atoms with Gasteiger partial charge in [-0.3, -0.25) is 9.59 Å². The first-order valence-corrected chi connectivity index (χ1v) is 14.0. The number of sulfone groups is 1. The summed E-state index contributed by atoms with van der Waals surface area (Å²) in [7, 11) is -4.00. The molecule has 0 aliphatic carbocycles. The van der Waals surface area contributed by atoms with Crippen molar-refractivity contribution >= 4 is 45.0 Å². The van der Waals surface area contributed by atoms with Crippen molar-refractivity contribution in [1.82, 2.24) is 9.97 Å². The number of nitrogens with one attached hydrogen (secondary N) is 2. The van der Waals surface area contributed by atoms with Gasteiger partial charge in [-0.25, -0.2) is 13.4 Å². The maximum Gasteiger partial charge on any atom is 0.270 e. The molecular formula is C23H25N3O4S3. The second-order valence-corrected chi connectivity index (χ2v) is 11.0. The van der Waals surface area contributed by atoms with Crippen LogP contribution in [0.4, 0.5) is 5.69 Å². The standard InChI is InChI=1S/C23H25N3O4S3/c1-3-4-6-16-9-11-19(12-10-16)33(29,30)20-14-24-23(26-22(20)28)32-15-21(27)25-17-7-5-8-18(13-17)31-2/h5,7-14H,3-4,6,15H2,1-2H3,(H,25,27)(H,24,26,28). The van der Waals surface area contributed by atoms with E-state index in [1.54, 1.807) is 30.0 Å². The van der Waals surface area contributed by atoms with E-state index in [9.17, 15) is 18.0 Å². The van der Waals surface area contributed by atoms with Crippen molar-refractivity contribution in [2.75, 3.05) is 17.3 Å². The number of nitrogens with zero attached hydrogens (tertiary/aromatic N) is 1. The fraction of sp³-hybridized carbons (Fsp3) is 0.261. The highest BCUT2D eigenvalue weighted by Crippen LogP contribution is 2.21. The van der Waals surface area contributed by atoms with Crippen LogP contribution in [0.3, 0.4) is 0 Å². The lowest BCUT2D eigenvalue weighted by atomic mass is 10.1. The van der Waals surface area contributed by atoms with E-state index < -0.39 is 20.3 Å². The highest BCUT2D eigenvalue weighted by atomic mass is 32.2. The van der Waals surface area contributed by atoms with Gasteiger partial charge >= 0.3 is 0 Å². The Kier molecular flexibility index (Phi) is 8.76. The Morgan fingerprint density at radius 3 is 2.58 bits per heavy atom. The molecule has 0 saturated carbocycles. The van der Waals surface area contributed by atoms with Gasteiger partial charge in [-0.1, -0.05) is 43.3 Å². The first kappa shape index (κ1) is 25.1. The summed E-state index contributed by atoms with van der Waals surface area (Å²) in [6.07, 6.45) is 5.95. The van der Waals surface area contributed by atoms with Crippen LogP contribution in [0.5, 0.6) is 0 Å². The number of aromatic nitrogens is 2. The molecule has 1 heterocycles. The molecule has 0 radical (unpaired) electrons. The van der Waals surface area contributed by atoms with Crippen LogP contribution < -0.4 is 10.9 Å². The Morgan fingerprint density at radius 1 is 1.15 bits per heavy atom. The first-order valence-electron chi connectivity index (χ1n) is 10.3. The van der Waals surface area contributed by atoms with E-state index in [4.69, 9.17) is 0 Å². The lowest BCUT2D eigenvalue weighted by Gasteiger charge is -2.07. The summed E-state index contributed by atoms with van der Waals surface area (Å²) in [6, 6.07) is 14.0. The maximum absolute atomic E-state index is 12.9. The van der Waals surface area contributed by atoms with Crippen molar-refractivity contribution in [1.29, 1.82) is 0 Å². The van der Waals surface area contributed by atoms with E-state index in [1.807, 2.05) is 24.5 Å². The van der Waals surface area contributed by atoms with Gasteiger partial charge < -0.3 is 10.3 Å². The zero-order chi connectivity index (χ0) is 23.8. The number of hydrogen-bond acceptors (Lipinski definition) is 7. The molecule has 0 aliphatic heterocycles. The molecule has 0 bridgehead atoms. The molecular weight excluding hydrogens is 478 g/mol. The average molecular weight is 504 g/mol. The van der Waals surface area contributed by atoms with E-state index in [1.165, 1.54) is 12.1 Å². The van der Waals surface area contributed by atoms with Crippen molar-refractivity contribution < 1.29 is 13.2 Å². The van der Waals surface area contributed by atoms with Crippen LogP contribution in [0.2, 0.25) is 0 Å². The number of H-pyrrole nitrogens is 1. The Labute approximate surface area is 201 Å². The van der Waals surface area contributed by atoms with Crippen LogP contribution in [0.15, 0.2) is 79.4 Å². The molecule has 0 atom stereocenters. The molecule has 0 unspecified atom stereocenters. The third kappa shape index (κ3) is 6.72. The zero-order valence-corrected chi connectivity index (χ0v) is 20.8. The summed E-state index contributed by atoms with van der Waals surface area (Å²) in [5.41, 5.74) is 0.958. The molecule has 10 heteroatoms. The van der Waals surface area contributed by atoms with Gasteiger partial charge in [0.05, 0.1) is 16.8 Å². The predicted octanol–water partition coefficient (Wildman–Crippen LogP) is 4.40. The number of unbranched alkanes of at least 4 members (excludes halogenated alkanes) is 1. The molecule has 0 aliphatic rings. The Hall–Kier alpha value is -2.56. The molecule has 0 spiro atoms. The zero-order valence-electron chi connectivity index (χ0n) is 18.3. The number of carbonyl (C=O) groups is 1. The molecule has 1 amide bonds. The van der Waals surface area contributed by atoms with Crippen LogP contribution in [0.1, 0.15) is 25.3 Å². The fourth-order valence-corrected chi connectivity index (χ4v) is 5.33. The van der Waals surface area contributed by atoms with Crippen LogP contribution in [0, 0.1) is 0 Å². The second kappa shape index (κ2) is 11.5. The minimum atomic E-state index is -4.00. The van der Waals surface area contributed by atoms with E-state index in [2.05, 4.69) is 22.2 Å². The highest BCUT2D eigenvalue weighted by Gasteiger charge is 2.22. The van der Waals surface area contributed by atoms with Crippen LogP contribution in [0.25, 0.3) is 0 Å². The number of rotatable bonds is 10. The van der Waals surface area contributed by atoms with Gasteiger partial charge in [0.15, 0.2) is 10.1 Å². The number of hydrogen-bond donors (Lipinski definition) is 2. The third-order valence-electron chi connectivity index (χ3n) is 4.78. The maximum atomic E-state index is 12.9. The molecule has 3 rings (SSSR count). The summed E-state index contributed by atoms with van der Waals surface area (Å²) in [5.74, 6) is -0.252. The predicted molar refractivity (Wildman–Crippen MR) is 133 cm³/mol. The Balaban J connectivity index is 1.66. The van der Waals surface area contributed by atoms with Crippen LogP contribution in [-0.2, 0) is 21.1 Å². The van der Waals surface area contributed by atoms with Gasteiger partial charge in [0.1, 0.15) is 0 Å². The summed E-state index contributed by atoms with van der Waals surface area (Å²) in [5, 5.41) is 2.96. The van der Waals surface area contributed by atoms with Crippen molar-refractivity contribution in [3.8, 4) is 0 Å². The van der Waals surface area contributed by atoms with Crippen molar-refractivity contribution in [2.24, 2.45) is 0 Å². The van der Waals surface area contributed by atoms with E-state index in [0.717, 1.165) is 47.7 Å². The van der Waals surface area contributed by atoms with Gasteiger partial charge in [0.2, 0.25) is 15.7 Å². The topological polar surface area (TPSA) is 109 Å². The quantitative estimate of drug-likeness (QED) is 0.312. The SMILES string of the molecule is CCCCc1ccc(S(=O)(=O)c2cnc(SCC(=O)Nc3cccc(SC)c3)[nH]c2=O)cc1. The van der Waals surface area contributed by atoms with E-state index >= 15 is 0 Å². The average Bonchev–Trinajstić information content (AvgIpc) is 2.81. The minimum absolute atomic E-state index is 0.0117. The second-order valence-electron chi connectivity index (χ2n) is 7.20. The summed E-state index contributed by atoms with van der Waals surface area (Å²) >= 11 is 2.59. The number of carbonyl (C=O) groups excluding carboxylic acids is 1. The molecule has 33 heavy (non-hydrogen) atoms. The number of aryl methyl sites for hydroxylation is 1. The van der Waals surface area contributed by atoms with Crippen LogP contribution in [-0.4, -0.2) is 36.3 Å². The normalized spacial score (nSPS) is 11.3. The van der Waals surface area contributed by atoms with Crippen molar-refractivity contribution in [2.45, 2.75) is 46.0 Å². The lowest BCUT2D eigenvalue weighted by Crippen LogP contribution is -2.20. The van der Waals surface area contributed by atoms with Crippen molar-refractivity contribution in [3.63, 3.8) is 0 Å². The summed E-state index contributed by atoms with van der Waals surface area (Å²) < 4.78 is 25.8. The van der Waals surface area contributed by atoms with Crippen LogP contribution >= 0.6 is 23.5 Å². The molecule has 2 aromatic carbocycles. The van der Waals surface area contributed by atoms with Gasteiger partial charge in [-0.05, 0) is 55.0 Å². The number of thioether (sulfide) groups is 2.